The van der Waals surface area contributed by atoms with E-state index >= 15 is 0 Å². The van der Waals surface area contributed by atoms with Gasteiger partial charge in [0.15, 0.2) is 0 Å². The van der Waals surface area contributed by atoms with E-state index in [1.54, 1.807) is 0 Å². The molecule has 3 atom stereocenters. The molecule has 1 aliphatic heterocycles. The van der Waals surface area contributed by atoms with Crippen LogP contribution in [0.3, 0.4) is 0 Å². The summed E-state index contributed by atoms with van der Waals surface area (Å²) in [5.74, 6) is 6.65. The molecule has 1 fully saturated rings. The monoisotopic (exact) mass is 370 g/mol. The van der Waals surface area contributed by atoms with Crippen LogP contribution >= 0.6 is 0 Å². The van der Waals surface area contributed by atoms with Crippen molar-refractivity contribution in [3.05, 3.63) is 60.2 Å². The molecule has 0 aliphatic carbocycles. The van der Waals surface area contributed by atoms with Crippen molar-refractivity contribution in [2.45, 2.75) is 44.9 Å². The Hall–Kier alpha value is -2.64. The fourth-order valence-corrected chi connectivity index (χ4v) is 2.95. The molecule has 0 spiro atoms. The zero-order valence-electron chi connectivity index (χ0n) is 15.5. The molecule has 1 saturated heterocycles. The smallest absolute Gasteiger partial charge is 0.226 e. The summed E-state index contributed by atoms with van der Waals surface area (Å²) in [6.07, 6.45) is 1.29. The van der Waals surface area contributed by atoms with Gasteiger partial charge in [-0.1, -0.05) is 48.5 Å². The first-order chi connectivity index (χ1) is 13.3. The zero-order valence-corrected chi connectivity index (χ0v) is 15.5. The second-order valence-corrected chi connectivity index (χ2v) is 6.41. The molecule has 1 unspecified atom stereocenters. The molecule has 0 saturated carbocycles. The Balaban J connectivity index is 1.52. The third kappa shape index (κ3) is 5.94. The molecule has 0 aromatic heterocycles. The van der Waals surface area contributed by atoms with Crippen molar-refractivity contribution in [1.29, 1.82) is 0 Å². The summed E-state index contributed by atoms with van der Waals surface area (Å²) in [4.78, 5) is 0. The van der Waals surface area contributed by atoms with Gasteiger partial charge in [-0.25, -0.2) is 0 Å². The second kappa shape index (κ2) is 9.89. The van der Waals surface area contributed by atoms with Crippen molar-refractivity contribution in [2.24, 2.45) is 16.2 Å². The first kappa shape index (κ1) is 19.1. The maximum atomic E-state index is 6.16. The van der Waals surface area contributed by atoms with Gasteiger partial charge in [0, 0.05) is 18.5 Å². The summed E-state index contributed by atoms with van der Waals surface area (Å²) < 4.78 is 17.5. The van der Waals surface area contributed by atoms with Gasteiger partial charge in [-0.2, -0.15) is 0 Å². The van der Waals surface area contributed by atoms with Crippen molar-refractivity contribution in [3.63, 3.8) is 0 Å². The molecule has 1 aliphatic rings. The van der Waals surface area contributed by atoms with Crippen LogP contribution in [0.25, 0.3) is 0 Å². The number of nitrogens with zero attached hydrogens (tertiary/aromatic N) is 2. The van der Waals surface area contributed by atoms with E-state index in [2.05, 4.69) is 22.6 Å². The molecular formula is C20H26N4O3. The van der Waals surface area contributed by atoms with E-state index in [9.17, 15) is 0 Å². The van der Waals surface area contributed by atoms with Crippen LogP contribution in [0.4, 0.5) is 0 Å². The molecule has 0 bridgehead atoms. The number of ether oxygens (including phenoxy) is 3. The number of nitrogens with one attached hydrogen (secondary N) is 1. The van der Waals surface area contributed by atoms with Gasteiger partial charge in [-0.3, -0.25) is 5.32 Å². The average molecular weight is 370 g/mol. The second-order valence-electron chi connectivity index (χ2n) is 6.41. The van der Waals surface area contributed by atoms with Crippen LogP contribution in [0, 0.1) is 0 Å². The molecule has 7 heteroatoms. The van der Waals surface area contributed by atoms with Crippen LogP contribution in [0.5, 0.6) is 11.5 Å². The minimum absolute atomic E-state index is 0.0593. The van der Waals surface area contributed by atoms with Crippen LogP contribution < -0.4 is 20.6 Å². The van der Waals surface area contributed by atoms with Crippen LogP contribution in [0.2, 0.25) is 0 Å². The number of rotatable bonds is 9. The van der Waals surface area contributed by atoms with Gasteiger partial charge in [-0.05, 0) is 24.1 Å². The van der Waals surface area contributed by atoms with Crippen molar-refractivity contribution in [3.8, 4) is 11.5 Å². The quantitative estimate of drug-likeness (QED) is 0.401. The summed E-state index contributed by atoms with van der Waals surface area (Å²) >= 11 is 0. The van der Waals surface area contributed by atoms with E-state index in [0.717, 1.165) is 29.9 Å². The fraction of sp³-hybridized carbons (Fsp3) is 0.400. The molecular weight excluding hydrogens is 344 g/mol. The normalized spacial score (nSPS) is 20.6. The summed E-state index contributed by atoms with van der Waals surface area (Å²) in [5.41, 5.74) is 1.13. The van der Waals surface area contributed by atoms with E-state index in [0.29, 0.717) is 13.2 Å². The largest absolute Gasteiger partial charge is 0.490 e. The van der Waals surface area contributed by atoms with Crippen LogP contribution in [0.15, 0.2) is 64.9 Å². The number of hydrogen-bond acceptors (Lipinski definition) is 6. The minimum Gasteiger partial charge on any atom is -0.490 e. The van der Waals surface area contributed by atoms with Crippen molar-refractivity contribution in [1.82, 2.24) is 5.32 Å². The Morgan fingerprint density at radius 1 is 1.19 bits per heavy atom. The van der Waals surface area contributed by atoms with Crippen molar-refractivity contribution >= 4 is 0 Å². The third-order valence-electron chi connectivity index (χ3n) is 4.36. The first-order valence-electron chi connectivity index (χ1n) is 9.18. The minimum atomic E-state index is -0.466. The molecule has 2 aromatic rings. The molecule has 2 aromatic carbocycles. The Bertz CT molecular complexity index is 726. The Morgan fingerprint density at radius 3 is 2.78 bits per heavy atom. The molecule has 27 heavy (non-hydrogen) atoms. The molecule has 144 valence electrons. The topological polar surface area (TPSA) is 90.5 Å². The predicted octanol–water partition coefficient (Wildman–Crippen LogP) is 3.41. The molecule has 0 amide bonds. The molecule has 0 radical (unpaired) electrons. The van der Waals surface area contributed by atoms with Gasteiger partial charge in [-0.15, -0.1) is 5.11 Å². The van der Waals surface area contributed by atoms with Crippen molar-refractivity contribution in [2.75, 3.05) is 6.61 Å². The highest BCUT2D eigenvalue weighted by atomic mass is 16.5. The van der Waals surface area contributed by atoms with Crippen LogP contribution in [0.1, 0.15) is 25.3 Å². The van der Waals surface area contributed by atoms with Gasteiger partial charge >= 0.3 is 0 Å². The van der Waals surface area contributed by atoms with E-state index in [1.165, 1.54) is 0 Å². The zero-order chi connectivity index (χ0) is 18.9. The summed E-state index contributed by atoms with van der Waals surface area (Å²) in [6.45, 7) is 3.19. The van der Waals surface area contributed by atoms with E-state index in [1.807, 2.05) is 54.6 Å². The van der Waals surface area contributed by atoms with E-state index in [-0.39, 0.29) is 12.1 Å². The number of hydrogen-bond donors (Lipinski definition) is 2. The maximum Gasteiger partial charge on any atom is 0.226 e. The highest BCUT2D eigenvalue weighted by Crippen LogP contribution is 2.23. The predicted molar refractivity (Wildman–Crippen MR) is 102 cm³/mol. The Morgan fingerprint density at radius 2 is 2.00 bits per heavy atom. The summed E-state index contributed by atoms with van der Waals surface area (Å²) in [7, 11) is 0. The fourth-order valence-electron chi connectivity index (χ4n) is 2.95. The summed E-state index contributed by atoms with van der Waals surface area (Å²) in [6, 6.07) is 18.0. The van der Waals surface area contributed by atoms with Gasteiger partial charge in [0.2, 0.25) is 6.35 Å². The summed E-state index contributed by atoms with van der Waals surface area (Å²) in [5, 5.41) is 10.2. The van der Waals surface area contributed by atoms with Crippen LogP contribution in [-0.4, -0.2) is 25.1 Å². The maximum absolute atomic E-state index is 6.16. The molecule has 7 nitrogen and oxygen atoms in total. The lowest BCUT2D eigenvalue weighted by Gasteiger charge is -2.21. The molecule has 3 N–H and O–H groups in total. The van der Waals surface area contributed by atoms with E-state index < -0.39 is 6.35 Å². The third-order valence-corrected chi connectivity index (χ3v) is 4.36. The highest BCUT2D eigenvalue weighted by molar-refractivity contribution is 5.33. The van der Waals surface area contributed by atoms with Crippen LogP contribution in [-0.2, 0) is 11.3 Å². The highest BCUT2D eigenvalue weighted by Gasteiger charge is 2.27. The Labute approximate surface area is 159 Å². The lowest BCUT2D eigenvalue weighted by molar-refractivity contribution is 0.0992. The average Bonchev–Trinajstić information content (AvgIpc) is 3.14. The van der Waals surface area contributed by atoms with Gasteiger partial charge in [0.1, 0.15) is 24.2 Å². The first-order valence-corrected chi connectivity index (χ1v) is 9.18. The SMILES string of the molecule is CC[C@@H](C[C@H]1COC(N=NN)N1)Oc1cccc(OCc2ccccc2)c1. The van der Waals surface area contributed by atoms with Crippen molar-refractivity contribution < 1.29 is 14.2 Å². The van der Waals surface area contributed by atoms with Gasteiger partial charge in [0.25, 0.3) is 0 Å². The van der Waals surface area contributed by atoms with Gasteiger partial charge < -0.3 is 20.1 Å². The molecule has 1 heterocycles. The van der Waals surface area contributed by atoms with Gasteiger partial charge in [0.05, 0.1) is 6.61 Å². The number of nitrogens with two attached hydrogens (primary N) is 1. The molecule has 3 rings (SSSR count). The van der Waals surface area contributed by atoms with E-state index in [4.69, 9.17) is 20.1 Å². The standard InChI is InChI=1S/C20H26N4O3/c1-2-17(11-16-14-26-20(22-16)23-24-21)27-19-10-6-9-18(12-19)25-13-15-7-4-3-5-8-15/h3-10,12,16-17,20,22H,2,11,13-14H2,1H3,(H2,21,23)/t16-,17-,20?/m0/s1. The lowest BCUT2D eigenvalue weighted by Crippen LogP contribution is -2.34. The lowest BCUT2D eigenvalue weighted by atomic mass is 10.1. The Kier molecular flexibility index (Phi) is 7.01. The number of benzene rings is 2.